The van der Waals surface area contributed by atoms with E-state index >= 15 is 0 Å². The summed E-state index contributed by atoms with van der Waals surface area (Å²) in [5, 5.41) is 8.14. The van der Waals surface area contributed by atoms with E-state index < -0.39 is 37.3 Å². The summed E-state index contributed by atoms with van der Waals surface area (Å²) in [5.74, 6) is 0.571. The maximum absolute atomic E-state index is 13.5. The Morgan fingerprint density at radius 3 is 2.18 bits per heavy atom. The molecule has 0 saturated carbocycles. The Labute approximate surface area is 305 Å². The number of unbranched alkanes of at least 4 members (excludes halogenated alkanes) is 4. The summed E-state index contributed by atoms with van der Waals surface area (Å²) in [5.41, 5.74) is 6.32. The Morgan fingerprint density at radius 2 is 1.58 bits per heavy atom. The molecule has 1 aromatic carbocycles. The Bertz CT molecular complexity index is 1360. The highest BCUT2D eigenvalue weighted by molar-refractivity contribution is 8.07. The minimum absolute atomic E-state index is 0.00196. The molecule has 14 nitrogen and oxygen atoms in total. The van der Waals surface area contributed by atoms with Gasteiger partial charge in [0.1, 0.15) is 0 Å². The minimum atomic E-state index is -3.43. The van der Waals surface area contributed by atoms with Gasteiger partial charge in [-0.05, 0) is 85.8 Å². The van der Waals surface area contributed by atoms with E-state index in [-0.39, 0.29) is 63.2 Å². The fraction of sp³-hybridized carbons (Fsp3) is 0.625. The standard InChI is InChI=1S/C32H52N4O10P2S2/c1-5-6-7-10-21-45-48(42,50)46-23-25-15-17-27(18-16-25)35-31(39)26(13-12-19-34-32(33)40)22-28(37)30(24(2)3)36-29(38)14-9-8-11-20-44-47(41,49)43-4/h1,15-18,24,26,30H,6-14,19-23H2,2-4H3,(H,35,39)(H,36,38)(H,41,49)(H,42,50)(H3,33,34,40)/t26-,30+,47?,48?/m1/s1. The molecule has 4 amide bonds. The summed E-state index contributed by atoms with van der Waals surface area (Å²) in [7, 11) is 1.28. The van der Waals surface area contributed by atoms with Crippen LogP contribution in [-0.2, 0) is 62.7 Å². The first-order valence-corrected chi connectivity index (χ1v) is 21.6. The van der Waals surface area contributed by atoms with E-state index in [4.69, 9.17) is 53.9 Å². The fourth-order valence-electron chi connectivity index (χ4n) is 4.55. The van der Waals surface area contributed by atoms with Gasteiger partial charge < -0.3 is 49.6 Å². The topological polar surface area (TPSA) is 208 Å². The van der Waals surface area contributed by atoms with E-state index in [1.807, 2.05) is 13.8 Å². The van der Waals surface area contributed by atoms with E-state index in [1.54, 1.807) is 24.3 Å². The normalized spacial score (nSPS) is 14.8. The molecule has 0 saturated heterocycles. The number of primary amides is 1. The number of hydrogen-bond acceptors (Lipinski definition) is 10. The average Bonchev–Trinajstić information content (AvgIpc) is 3.05. The van der Waals surface area contributed by atoms with E-state index in [0.717, 1.165) is 6.42 Å². The molecular formula is C32H52N4O10P2S2. The maximum atomic E-state index is 13.5. The fourth-order valence-corrected chi connectivity index (χ4v) is 6.37. The van der Waals surface area contributed by atoms with Gasteiger partial charge in [-0.15, -0.1) is 12.3 Å². The van der Waals surface area contributed by atoms with Gasteiger partial charge >= 0.3 is 19.5 Å². The van der Waals surface area contributed by atoms with Crippen LogP contribution in [0.25, 0.3) is 0 Å². The van der Waals surface area contributed by atoms with Crippen LogP contribution < -0.4 is 21.7 Å². The molecule has 0 heterocycles. The molecule has 7 N–H and O–H groups in total. The van der Waals surface area contributed by atoms with Crippen molar-refractivity contribution in [3.63, 3.8) is 0 Å². The zero-order valence-electron chi connectivity index (χ0n) is 29.0. The highest BCUT2D eigenvalue weighted by Gasteiger charge is 2.29. The van der Waals surface area contributed by atoms with Crippen molar-refractivity contribution in [2.75, 3.05) is 32.2 Å². The van der Waals surface area contributed by atoms with Crippen molar-refractivity contribution in [1.29, 1.82) is 0 Å². The number of carbonyl (C=O) groups excluding carboxylic acids is 4. The largest absolute Gasteiger partial charge is 0.352 e. The zero-order valence-corrected chi connectivity index (χ0v) is 32.4. The van der Waals surface area contributed by atoms with Crippen LogP contribution in [0.15, 0.2) is 24.3 Å². The van der Waals surface area contributed by atoms with Crippen LogP contribution in [0.1, 0.15) is 83.6 Å². The Morgan fingerprint density at radius 1 is 0.940 bits per heavy atom. The van der Waals surface area contributed by atoms with E-state index in [9.17, 15) is 29.0 Å². The second-order valence-electron chi connectivity index (χ2n) is 11.8. The molecule has 0 bridgehead atoms. The average molecular weight is 779 g/mol. The number of benzene rings is 1. The van der Waals surface area contributed by atoms with Crippen molar-refractivity contribution in [3.05, 3.63) is 29.8 Å². The predicted molar refractivity (Wildman–Crippen MR) is 200 cm³/mol. The molecule has 1 rings (SSSR count). The van der Waals surface area contributed by atoms with Gasteiger partial charge in [-0.1, -0.05) is 32.4 Å². The Balaban J connectivity index is 2.78. The van der Waals surface area contributed by atoms with Crippen molar-refractivity contribution < 1.29 is 47.1 Å². The van der Waals surface area contributed by atoms with Crippen LogP contribution in [0.3, 0.4) is 0 Å². The number of rotatable bonds is 27. The molecular weight excluding hydrogens is 726 g/mol. The summed E-state index contributed by atoms with van der Waals surface area (Å²) < 4.78 is 20.6. The van der Waals surface area contributed by atoms with Crippen molar-refractivity contribution in [2.45, 2.75) is 90.7 Å². The summed E-state index contributed by atoms with van der Waals surface area (Å²) in [6.45, 7) is -2.33. The molecule has 1 aromatic rings. The number of anilines is 1. The third-order valence-corrected chi connectivity index (χ3v) is 10.6. The van der Waals surface area contributed by atoms with Crippen molar-refractivity contribution in [2.24, 2.45) is 17.6 Å². The molecule has 4 atom stereocenters. The molecule has 0 spiro atoms. The van der Waals surface area contributed by atoms with Gasteiger partial charge in [-0.2, -0.15) is 0 Å². The third-order valence-electron chi connectivity index (χ3n) is 7.30. The van der Waals surface area contributed by atoms with Crippen LogP contribution in [0.4, 0.5) is 10.5 Å². The lowest BCUT2D eigenvalue weighted by Gasteiger charge is -2.24. The van der Waals surface area contributed by atoms with Crippen molar-refractivity contribution >= 4 is 66.4 Å². The lowest BCUT2D eigenvalue weighted by atomic mass is 9.89. The quantitative estimate of drug-likeness (QED) is 0.0405. The Hall–Kier alpha value is -2.28. The van der Waals surface area contributed by atoms with Crippen molar-refractivity contribution in [1.82, 2.24) is 10.6 Å². The first-order chi connectivity index (χ1) is 23.6. The molecule has 0 fully saturated rings. The van der Waals surface area contributed by atoms with Crippen LogP contribution in [0.2, 0.25) is 0 Å². The van der Waals surface area contributed by atoms with Crippen LogP contribution in [-0.4, -0.2) is 66.3 Å². The number of ketones is 1. The molecule has 50 heavy (non-hydrogen) atoms. The number of nitrogens with one attached hydrogen (secondary N) is 3. The third kappa shape index (κ3) is 21.2. The molecule has 2 unspecified atom stereocenters. The highest BCUT2D eigenvalue weighted by atomic mass is 32.5. The van der Waals surface area contributed by atoms with Crippen LogP contribution >= 0.6 is 13.4 Å². The molecule has 0 radical (unpaired) electrons. The van der Waals surface area contributed by atoms with E-state index in [0.29, 0.717) is 49.8 Å². The van der Waals surface area contributed by atoms with Crippen LogP contribution in [0.5, 0.6) is 0 Å². The predicted octanol–water partition coefficient (Wildman–Crippen LogP) is 4.78. The van der Waals surface area contributed by atoms with Gasteiger partial charge in [-0.3, -0.25) is 14.4 Å². The van der Waals surface area contributed by atoms with Gasteiger partial charge in [0.05, 0.1) is 25.9 Å². The first-order valence-electron chi connectivity index (χ1n) is 16.4. The smallest absolute Gasteiger partial charge is 0.324 e. The van der Waals surface area contributed by atoms with E-state index in [2.05, 4.69) is 21.9 Å². The number of nitrogens with two attached hydrogens (primary N) is 1. The number of amides is 4. The summed E-state index contributed by atoms with van der Waals surface area (Å²) >= 11 is 9.83. The number of carbonyl (C=O) groups is 4. The van der Waals surface area contributed by atoms with Gasteiger partial charge in [0.15, 0.2) is 5.78 Å². The monoisotopic (exact) mass is 778 g/mol. The van der Waals surface area contributed by atoms with E-state index in [1.165, 1.54) is 7.11 Å². The number of terminal acetylenes is 1. The van der Waals surface area contributed by atoms with Gasteiger partial charge in [0, 0.05) is 44.5 Å². The first kappa shape index (κ1) is 45.7. The second kappa shape index (κ2) is 24.8. The minimum Gasteiger partial charge on any atom is -0.352 e. The maximum Gasteiger partial charge on any atom is 0.324 e. The van der Waals surface area contributed by atoms with Gasteiger partial charge in [0.25, 0.3) is 0 Å². The Kier molecular flexibility index (Phi) is 22.7. The lowest BCUT2D eigenvalue weighted by Crippen LogP contribution is -2.45. The number of hydrogen-bond donors (Lipinski definition) is 6. The molecule has 0 aliphatic rings. The van der Waals surface area contributed by atoms with Crippen molar-refractivity contribution in [3.8, 4) is 12.3 Å². The second-order valence-corrected chi connectivity index (χ2v) is 17.6. The summed E-state index contributed by atoms with van der Waals surface area (Å²) in [6, 6.07) is 5.22. The lowest BCUT2D eigenvalue weighted by molar-refractivity contribution is -0.131. The summed E-state index contributed by atoms with van der Waals surface area (Å²) in [4.78, 5) is 70.6. The molecule has 0 aromatic heterocycles. The van der Waals surface area contributed by atoms with Crippen LogP contribution in [0, 0.1) is 24.2 Å². The van der Waals surface area contributed by atoms with Gasteiger partial charge in [0.2, 0.25) is 11.8 Å². The molecule has 18 heteroatoms. The number of Topliss-reactive ketones (excluding diaryl/α,β-unsaturated/α-hetero) is 1. The molecule has 0 aliphatic carbocycles. The molecule has 282 valence electrons. The summed E-state index contributed by atoms with van der Waals surface area (Å²) in [6.07, 6.45) is 9.72. The zero-order chi connectivity index (χ0) is 37.6. The number of urea groups is 1. The highest BCUT2D eigenvalue weighted by Crippen LogP contribution is 2.45. The SMILES string of the molecule is C#CCCCCOP(O)(=S)OCc1ccc(NC(=O)[C@H](CCCNC(N)=O)CC(=O)[C@@H](NC(=O)CCCCCOP(O)(=S)OC)C(C)C)cc1. The van der Waals surface area contributed by atoms with Gasteiger partial charge in [-0.25, -0.2) is 4.79 Å². The molecule has 0 aliphatic heterocycles.